The Kier molecular flexibility index (Phi) is 24.2. The van der Waals surface area contributed by atoms with E-state index in [2.05, 4.69) is 0 Å². The second-order valence-corrected chi connectivity index (χ2v) is 3.02. The van der Waals surface area contributed by atoms with Gasteiger partial charge >= 0.3 is 142 Å². The SMILES string of the molecule is CCC(C(=O)O)C(C(=O)O)(C(=O)O)C(=O)O.[H-].[H-].[H-].[H-].[Na+].[Na+].[Na+].[Na+]. The Balaban J connectivity index is -0.0000000402. The van der Waals surface area contributed by atoms with E-state index >= 15 is 0 Å². The fraction of sp³-hybridized carbons (Fsp3) is 0.500. The first-order valence-electron chi connectivity index (χ1n) is 4.15. The normalized spacial score (nSPS) is 10.2. The summed E-state index contributed by atoms with van der Waals surface area (Å²) < 4.78 is 0. The van der Waals surface area contributed by atoms with Crippen LogP contribution in [0.3, 0.4) is 0 Å². The number of hydrogen-bond donors (Lipinski definition) is 4. The number of aliphatic carboxylic acids is 4. The smallest absolute Gasteiger partial charge is 1.00 e. The summed E-state index contributed by atoms with van der Waals surface area (Å²) in [5.41, 5.74) is -3.36. The molecule has 0 bridgehead atoms. The van der Waals surface area contributed by atoms with Crippen molar-refractivity contribution < 1.29 is 164 Å². The third kappa shape index (κ3) is 6.97. The number of carboxylic acid groups (broad SMARTS) is 4. The second-order valence-electron chi connectivity index (χ2n) is 3.02. The van der Waals surface area contributed by atoms with Crippen molar-refractivity contribution in [1.29, 1.82) is 0 Å². The molecule has 0 heterocycles. The molecule has 0 fully saturated rings. The van der Waals surface area contributed by atoms with E-state index < -0.39 is 41.6 Å². The van der Waals surface area contributed by atoms with Gasteiger partial charge in [-0.25, -0.2) is 0 Å². The number of carbonyl (C=O) groups is 4. The van der Waals surface area contributed by atoms with E-state index in [1.165, 1.54) is 6.92 Å². The molecule has 8 nitrogen and oxygen atoms in total. The Hall–Kier alpha value is 1.88. The molecule has 98 valence electrons. The van der Waals surface area contributed by atoms with Crippen molar-refractivity contribution in [3.63, 3.8) is 0 Å². The van der Waals surface area contributed by atoms with Gasteiger partial charge in [0.25, 0.3) is 5.41 Å². The Morgan fingerprint density at radius 3 is 1.15 bits per heavy atom. The van der Waals surface area contributed by atoms with E-state index in [0.717, 1.165) is 0 Å². The predicted octanol–water partition coefficient (Wildman–Crippen LogP) is -12.2. The van der Waals surface area contributed by atoms with Crippen LogP contribution < -0.4 is 118 Å². The van der Waals surface area contributed by atoms with Crippen LogP contribution in [0.25, 0.3) is 0 Å². The van der Waals surface area contributed by atoms with E-state index in [1.54, 1.807) is 0 Å². The van der Waals surface area contributed by atoms with Gasteiger partial charge in [-0.2, -0.15) is 0 Å². The molecular formula is C8H14Na4O8. The molecule has 0 saturated carbocycles. The average molecular weight is 330 g/mol. The van der Waals surface area contributed by atoms with Crippen LogP contribution in [-0.4, -0.2) is 44.3 Å². The zero-order chi connectivity index (χ0) is 13.1. The standard InChI is InChI=1S/C8H10O8.4Na.4H/c1-2-3(4(9)10)8(5(11)12,6(13)14)7(15)16;;;;;;;;/h3H,2H2,1H3,(H,9,10)(H,11,12)(H,13,14)(H,15,16);;;;;;;;/q;4*+1;4*-1. The van der Waals surface area contributed by atoms with E-state index in [0.29, 0.717) is 0 Å². The molecule has 1 unspecified atom stereocenters. The summed E-state index contributed by atoms with van der Waals surface area (Å²) in [6.45, 7) is 1.20. The predicted molar refractivity (Wildman–Crippen MR) is 51.2 cm³/mol. The van der Waals surface area contributed by atoms with Crippen LogP contribution in [0.4, 0.5) is 0 Å². The fourth-order valence-corrected chi connectivity index (χ4v) is 1.39. The molecular weight excluding hydrogens is 316 g/mol. The zero-order valence-electron chi connectivity index (χ0n) is 16.2. The van der Waals surface area contributed by atoms with Gasteiger partial charge < -0.3 is 26.1 Å². The number of rotatable bonds is 6. The molecule has 0 aromatic carbocycles. The zero-order valence-corrected chi connectivity index (χ0v) is 20.2. The van der Waals surface area contributed by atoms with E-state index in [-0.39, 0.29) is 124 Å². The molecule has 0 saturated heterocycles. The maximum Gasteiger partial charge on any atom is 1.00 e. The fourth-order valence-electron chi connectivity index (χ4n) is 1.39. The summed E-state index contributed by atoms with van der Waals surface area (Å²) in [5.74, 6) is -10.4. The van der Waals surface area contributed by atoms with Crippen LogP contribution in [0, 0.1) is 11.3 Å². The Bertz CT molecular complexity index is 338. The second kappa shape index (κ2) is 14.5. The van der Waals surface area contributed by atoms with Crippen LogP contribution in [0.5, 0.6) is 0 Å². The van der Waals surface area contributed by atoms with Gasteiger partial charge in [-0.1, -0.05) is 6.92 Å². The minimum Gasteiger partial charge on any atom is -1.00 e. The molecule has 0 radical (unpaired) electrons. The van der Waals surface area contributed by atoms with Crippen LogP contribution in [-0.2, 0) is 19.2 Å². The molecule has 4 N–H and O–H groups in total. The first-order chi connectivity index (χ1) is 7.22. The van der Waals surface area contributed by atoms with E-state index in [9.17, 15) is 19.2 Å². The van der Waals surface area contributed by atoms with Gasteiger partial charge in [0.1, 0.15) is 0 Å². The summed E-state index contributed by atoms with van der Waals surface area (Å²) in [7, 11) is 0. The van der Waals surface area contributed by atoms with Gasteiger partial charge in [0.15, 0.2) is 0 Å². The molecule has 0 rings (SSSR count). The Labute approximate surface area is 209 Å². The summed E-state index contributed by atoms with van der Waals surface area (Å²) in [4.78, 5) is 43.1. The maximum absolute atomic E-state index is 10.8. The van der Waals surface area contributed by atoms with Crippen molar-refractivity contribution >= 4 is 23.9 Å². The molecule has 1 atom stereocenters. The minimum absolute atomic E-state index is 0. The number of carboxylic acids is 4. The van der Waals surface area contributed by atoms with Gasteiger partial charge in [-0.15, -0.1) is 0 Å². The van der Waals surface area contributed by atoms with Gasteiger partial charge in [-0.05, 0) is 6.42 Å². The summed E-state index contributed by atoms with van der Waals surface area (Å²) in [6.07, 6.45) is -0.430. The molecule has 0 aliphatic heterocycles. The third-order valence-corrected chi connectivity index (χ3v) is 2.24. The maximum atomic E-state index is 10.8. The van der Waals surface area contributed by atoms with Crippen molar-refractivity contribution in [3.05, 3.63) is 0 Å². The van der Waals surface area contributed by atoms with Gasteiger partial charge in [0, 0.05) is 0 Å². The Morgan fingerprint density at radius 2 is 1.10 bits per heavy atom. The van der Waals surface area contributed by atoms with Crippen LogP contribution in [0.2, 0.25) is 0 Å². The number of hydrogen-bond acceptors (Lipinski definition) is 4. The van der Waals surface area contributed by atoms with Crippen molar-refractivity contribution in [3.8, 4) is 0 Å². The van der Waals surface area contributed by atoms with Crippen molar-refractivity contribution in [2.24, 2.45) is 11.3 Å². The average Bonchev–Trinajstić information content (AvgIpc) is 2.10. The monoisotopic (exact) mass is 330 g/mol. The van der Waals surface area contributed by atoms with Gasteiger partial charge in [-0.3, -0.25) is 19.2 Å². The minimum atomic E-state index is -3.36. The summed E-state index contributed by atoms with van der Waals surface area (Å²) in [5, 5.41) is 34.7. The molecule has 0 aromatic heterocycles. The molecule has 20 heavy (non-hydrogen) atoms. The van der Waals surface area contributed by atoms with Crippen LogP contribution in [0.15, 0.2) is 0 Å². The Morgan fingerprint density at radius 1 is 0.850 bits per heavy atom. The quantitative estimate of drug-likeness (QED) is 0.277. The largest absolute Gasteiger partial charge is 1.00 e. The first-order valence-corrected chi connectivity index (χ1v) is 4.15. The van der Waals surface area contributed by atoms with Crippen molar-refractivity contribution in [1.82, 2.24) is 0 Å². The molecule has 0 spiro atoms. The summed E-state index contributed by atoms with van der Waals surface area (Å²) in [6, 6.07) is 0. The first kappa shape index (κ1) is 33.5. The van der Waals surface area contributed by atoms with Gasteiger partial charge in [0.2, 0.25) is 0 Å². The third-order valence-electron chi connectivity index (χ3n) is 2.24. The van der Waals surface area contributed by atoms with Crippen molar-refractivity contribution in [2.45, 2.75) is 13.3 Å². The van der Waals surface area contributed by atoms with Crippen molar-refractivity contribution in [2.75, 3.05) is 0 Å². The molecule has 0 aliphatic carbocycles. The topological polar surface area (TPSA) is 149 Å². The van der Waals surface area contributed by atoms with E-state index in [4.69, 9.17) is 20.4 Å². The molecule has 0 aromatic rings. The summed E-state index contributed by atoms with van der Waals surface area (Å²) >= 11 is 0. The molecule has 12 heteroatoms. The van der Waals surface area contributed by atoms with Crippen LogP contribution >= 0.6 is 0 Å². The molecule has 0 amide bonds. The molecule has 0 aliphatic rings. The van der Waals surface area contributed by atoms with Crippen LogP contribution in [0.1, 0.15) is 19.1 Å². The van der Waals surface area contributed by atoms with Gasteiger partial charge in [0.05, 0.1) is 5.92 Å². The van der Waals surface area contributed by atoms with E-state index in [1.807, 2.05) is 0 Å².